The number of hydrogen-bond acceptors (Lipinski definition) is 6. The predicted octanol–water partition coefficient (Wildman–Crippen LogP) is 2.33. The SMILES string of the molecule is N#CCOc1ccc(-n2c(=O)[nH]c3cnc(-c4cnc5ccccn45)nc32)cc1. The number of benzene rings is 1. The molecule has 0 unspecified atom stereocenters. The van der Waals surface area contributed by atoms with Gasteiger partial charge in [0.25, 0.3) is 0 Å². The van der Waals surface area contributed by atoms with Gasteiger partial charge in [0.05, 0.1) is 18.1 Å². The van der Waals surface area contributed by atoms with E-state index in [4.69, 9.17) is 10.00 Å². The van der Waals surface area contributed by atoms with Gasteiger partial charge in [-0.15, -0.1) is 0 Å². The molecule has 1 aromatic carbocycles. The van der Waals surface area contributed by atoms with Crippen LogP contribution in [0.25, 0.3) is 34.0 Å². The van der Waals surface area contributed by atoms with E-state index in [0.717, 1.165) is 11.3 Å². The normalized spacial score (nSPS) is 11.0. The van der Waals surface area contributed by atoms with E-state index in [0.29, 0.717) is 28.4 Å². The van der Waals surface area contributed by atoms with Gasteiger partial charge in [-0.1, -0.05) is 6.07 Å². The van der Waals surface area contributed by atoms with Gasteiger partial charge in [0.2, 0.25) is 0 Å². The van der Waals surface area contributed by atoms with Gasteiger partial charge < -0.3 is 9.72 Å². The molecule has 0 aliphatic carbocycles. The zero-order chi connectivity index (χ0) is 19.8. The van der Waals surface area contributed by atoms with Crippen LogP contribution in [-0.4, -0.2) is 35.5 Å². The van der Waals surface area contributed by atoms with E-state index < -0.39 is 0 Å². The Hall–Kier alpha value is -4.45. The maximum Gasteiger partial charge on any atom is 0.332 e. The molecule has 0 radical (unpaired) electrons. The molecule has 9 heteroatoms. The fourth-order valence-electron chi connectivity index (χ4n) is 3.17. The van der Waals surface area contributed by atoms with Gasteiger partial charge in [-0.05, 0) is 36.4 Å². The minimum Gasteiger partial charge on any atom is -0.479 e. The lowest BCUT2D eigenvalue weighted by atomic mass is 10.3. The molecule has 140 valence electrons. The summed E-state index contributed by atoms with van der Waals surface area (Å²) in [6, 6.07) is 14.5. The second kappa shape index (κ2) is 6.61. The quantitative estimate of drug-likeness (QED) is 0.509. The van der Waals surface area contributed by atoms with E-state index in [-0.39, 0.29) is 12.3 Å². The summed E-state index contributed by atoms with van der Waals surface area (Å²) in [5, 5.41) is 8.61. The summed E-state index contributed by atoms with van der Waals surface area (Å²) in [4.78, 5) is 28.7. The van der Waals surface area contributed by atoms with Crippen molar-refractivity contribution in [3.8, 4) is 29.0 Å². The third-order valence-corrected chi connectivity index (χ3v) is 4.47. The Labute approximate surface area is 163 Å². The van der Waals surface area contributed by atoms with Crippen LogP contribution in [0.15, 0.2) is 65.8 Å². The van der Waals surface area contributed by atoms with Crippen LogP contribution < -0.4 is 10.4 Å². The molecule has 0 saturated carbocycles. The van der Waals surface area contributed by atoms with E-state index in [1.165, 1.54) is 4.57 Å². The molecular formula is C20H13N7O2. The Morgan fingerprint density at radius 1 is 1.10 bits per heavy atom. The molecule has 4 heterocycles. The number of nitriles is 1. The molecule has 5 aromatic rings. The van der Waals surface area contributed by atoms with Crippen molar-refractivity contribution in [3.63, 3.8) is 0 Å². The van der Waals surface area contributed by atoms with Gasteiger partial charge >= 0.3 is 5.69 Å². The summed E-state index contributed by atoms with van der Waals surface area (Å²) in [6.45, 7) is -0.0394. The molecule has 1 N–H and O–H groups in total. The molecule has 0 aliphatic rings. The second-order valence-electron chi connectivity index (χ2n) is 6.21. The van der Waals surface area contributed by atoms with Crippen LogP contribution in [0, 0.1) is 11.3 Å². The van der Waals surface area contributed by atoms with Crippen LogP contribution in [0.2, 0.25) is 0 Å². The van der Waals surface area contributed by atoms with Gasteiger partial charge in [0.15, 0.2) is 18.1 Å². The Balaban J connectivity index is 1.63. The lowest BCUT2D eigenvalue weighted by molar-refractivity contribution is 0.368. The first-order valence-corrected chi connectivity index (χ1v) is 8.75. The van der Waals surface area contributed by atoms with Crippen molar-refractivity contribution < 1.29 is 4.74 Å². The van der Waals surface area contributed by atoms with Crippen LogP contribution in [0.5, 0.6) is 5.75 Å². The molecule has 0 spiro atoms. The first-order chi connectivity index (χ1) is 14.2. The molecular weight excluding hydrogens is 370 g/mol. The summed E-state index contributed by atoms with van der Waals surface area (Å²) in [7, 11) is 0. The fourth-order valence-corrected chi connectivity index (χ4v) is 3.17. The summed E-state index contributed by atoms with van der Waals surface area (Å²) < 4.78 is 8.62. The third kappa shape index (κ3) is 2.80. The summed E-state index contributed by atoms with van der Waals surface area (Å²) in [5.41, 5.74) is 2.78. The molecule has 0 aliphatic heterocycles. The highest BCUT2D eigenvalue weighted by atomic mass is 16.5. The Bertz CT molecular complexity index is 1440. The number of ether oxygens (including phenoxy) is 1. The monoisotopic (exact) mass is 383 g/mol. The predicted molar refractivity (Wildman–Crippen MR) is 105 cm³/mol. The number of fused-ring (bicyclic) bond motifs is 2. The minimum absolute atomic E-state index is 0.0394. The molecule has 29 heavy (non-hydrogen) atoms. The maximum absolute atomic E-state index is 12.6. The largest absolute Gasteiger partial charge is 0.479 e. The van der Waals surface area contributed by atoms with Crippen LogP contribution in [-0.2, 0) is 0 Å². The molecule has 0 saturated heterocycles. The van der Waals surface area contributed by atoms with Crippen molar-refractivity contribution in [3.05, 3.63) is 71.5 Å². The second-order valence-corrected chi connectivity index (χ2v) is 6.21. The first kappa shape index (κ1) is 16.7. The lowest BCUT2D eigenvalue weighted by Gasteiger charge is -2.06. The van der Waals surface area contributed by atoms with E-state index in [9.17, 15) is 4.79 Å². The van der Waals surface area contributed by atoms with Gasteiger partial charge in [-0.2, -0.15) is 5.26 Å². The number of pyridine rings is 1. The third-order valence-electron chi connectivity index (χ3n) is 4.47. The average molecular weight is 383 g/mol. The zero-order valence-corrected chi connectivity index (χ0v) is 15.0. The van der Waals surface area contributed by atoms with Crippen molar-refractivity contribution >= 4 is 16.8 Å². The lowest BCUT2D eigenvalue weighted by Crippen LogP contribution is -2.15. The van der Waals surface area contributed by atoms with Crippen LogP contribution in [0.1, 0.15) is 0 Å². The summed E-state index contributed by atoms with van der Waals surface area (Å²) >= 11 is 0. The first-order valence-electron chi connectivity index (χ1n) is 8.75. The van der Waals surface area contributed by atoms with E-state index in [2.05, 4.69) is 19.9 Å². The highest BCUT2D eigenvalue weighted by Crippen LogP contribution is 2.21. The summed E-state index contributed by atoms with van der Waals surface area (Å²) in [6.07, 6.45) is 5.17. The number of nitrogens with one attached hydrogen (secondary N) is 1. The molecule has 9 nitrogen and oxygen atoms in total. The topological polar surface area (TPSA) is 114 Å². The Morgan fingerprint density at radius 3 is 2.79 bits per heavy atom. The zero-order valence-electron chi connectivity index (χ0n) is 15.0. The summed E-state index contributed by atoms with van der Waals surface area (Å²) in [5.74, 6) is 1.00. The molecule has 0 atom stereocenters. The number of imidazole rings is 2. The van der Waals surface area contributed by atoms with Crippen LogP contribution in [0.4, 0.5) is 0 Å². The highest BCUT2D eigenvalue weighted by molar-refractivity contribution is 5.74. The number of aromatic amines is 1. The molecule has 0 bridgehead atoms. The minimum atomic E-state index is -0.324. The Morgan fingerprint density at radius 2 is 1.97 bits per heavy atom. The number of aromatic nitrogens is 6. The van der Waals surface area contributed by atoms with Gasteiger partial charge in [-0.3, -0.25) is 4.40 Å². The van der Waals surface area contributed by atoms with Crippen molar-refractivity contribution in [1.29, 1.82) is 5.26 Å². The molecule has 4 aromatic heterocycles. The van der Waals surface area contributed by atoms with Crippen LogP contribution in [0.3, 0.4) is 0 Å². The number of H-pyrrole nitrogens is 1. The van der Waals surface area contributed by atoms with E-state index in [1.54, 1.807) is 36.7 Å². The number of hydrogen-bond donors (Lipinski definition) is 1. The highest BCUT2D eigenvalue weighted by Gasteiger charge is 2.15. The fraction of sp³-hybridized carbons (Fsp3) is 0.0500. The van der Waals surface area contributed by atoms with Gasteiger partial charge in [-0.25, -0.2) is 24.3 Å². The number of nitrogens with zero attached hydrogens (tertiary/aromatic N) is 6. The van der Waals surface area contributed by atoms with Crippen molar-refractivity contribution in [1.82, 2.24) is 28.9 Å². The van der Waals surface area contributed by atoms with Crippen molar-refractivity contribution in [2.24, 2.45) is 0 Å². The number of rotatable bonds is 4. The standard InChI is InChI=1S/C20H13N7O2/c21-8-10-29-14-6-4-13(5-7-14)27-19-15(24-20(27)28)11-23-18(25-19)16-12-22-17-3-1-2-9-26(16)17/h1-7,9,11-12H,10H2,(H,24,28). The smallest absolute Gasteiger partial charge is 0.332 e. The van der Waals surface area contributed by atoms with E-state index >= 15 is 0 Å². The van der Waals surface area contributed by atoms with Crippen LogP contribution >= 0.6 is 0 Å². The molecule has 0 amide bonds. The van der Waals surface area contributed by atoms with Crippen molar-refractivity contribution in [2.75, 3.05) is 6.61 Å². The molecule has 0 fully saturated rings. The molecule has 5 rings (SSSR count). The van der Waals surface area contributed by atoms with E-state index in [1.807, 2.05) is 34.9 Å². The average Bonchev–Trinajstić information content (AvgIpc) is 3.32. The van der Waals surface area contributed by atoms with Gasteiger partial charge in [0.1, 0.15) is 28.7 Å². The van der Waals surface area contributed by atoms with Gasteiger partial charge in [0, 0.05) is 6.20 Å². The Kier molecular flexibility index (Phi) is 3.81. The van der Waals surface area contributed by atoms with Crippen molar-refractivity contribution in [2.45, 2.75) is 0 Å². The maximum atomic E-state index is 12.6.